The molecule has 116 valence electrons. The highest BCUT2D eigenvalue weighted by Crippen LogP contribution is 2.23. The molecule has 2 rings (SSSR count). The Morgan fingerprint density at radius 2 is 1.45 bits per heavy atom. The second-order valence-corrected chi connectivity index (χ2v) is 3.97. The van der Waals surface area contributed by atoms with E-state index in [2.05, 4.69) is 4.84 Å². The summed E-state index contributed by atoms with van der Waals surface area (Å²) < 4.78 is 0. The quantitative estimate of drug-likeness (QED) is 0.323. The van der Waals surface area contributed by atoms with Gasteiger partial charge in [-0.2, -0.15) is 5.90 Å². The van der Waals surface area contributed by atoms with Crippen molar-refractivity contribution in [2.24, 2.45) is 5.90 Å². The Kier molecular flexibility index (Phi) is 5.73. The van der Waals surface area contributed by atoms with Crippen LogP contribution in [0.15, 0.2) is 42.5 Å². The van der Waals surface area contributed by atoms with Crippen LogP contribution in [0.25, 0.3) is 0 Å². The molecule has 7 N–H and O–H groups in total. The van der Waals surface area contributed by atoms with E-state index in [0.29, 0.717) is 0 Å². The number of anilines is 1. The average molecular weight is 306 g/mol. The number of para-hydroxylation sites is 2. The van der Waals surface area contributed by atoms with E-state index in [1.54, 1.807) is 12.1 Å². The molecule has 0 aromatic heterocycles. The summed E-state index contributed by atoms with van der Waals surface area (Å²) in [4.78, 5) is 25.1. The number of nitrogens with two attached hydrogens (primary N) is 2. The van der Waals surface area contributed by atoms with Crippen LogP contribution in [0.2, 0.25) is 0 Å². The number of hydrogen-bond donors (Lipinski definition) is 5. The molecule has 0 aliphatic heterocycles. The number of carboxylic acids is 2. The van der Waals surface area contributed by atoms with E-state index in [-0.39, 0.29) is 28.3 Å². The van der Waals surface area contributed by atoms with Crippen LogP contribution < -0.4 is 16.5 Å². The van der Waals surface area contributed by atoms with Gasteiger partial charge in [0.1, 0.15) is 11.1 Å². The Morgan fingerprint density at radius 1 is 0.909 bits per heavy atom. The molecule has 0 spiro atoms. The Morgan fingerprint density at radius 3 is 1.91 bits per heavy atom. The highest BCUT2D eigenvalue weighted by Gasteiger charge is 2.10. The van der Waals surface area contributed by atoms with E-state index in [1.807, 2.05) is 0 Å². The van der Waals surface area contributed by atoms with E-state index in [0.717, 1.165) is 0 Å². The first-order valence-corrected chi connectivity index (χ1v) is 5.88. The molecule has 0 amide bonds. The van der Waals surface area contributed by atoms with Crippen LogP contribution in [0.4, 0.5) is 5.69 Å². The minimum absolute atomic E-state index is 0.0648. The van der Waals surface area contributed by atoms with Crippen LogP contribution in [-0.4, -0.2) is 27.3 Å². The lowest BCUT2D eigenvalue weighted by molar-refractivity contribution is 0.0681. The third-order valence-electron chi connectivity index (χ3n) is 2.54. The summed E-state index contributed by atoms with van der Waals surface area (Å²) in [5.41, 5.74) is 5.21. The molecule has 2 aromatic carbocycles. The second kappa shape index (κ2) is 7.50. The summed E-state index contributed by atoms with van der Waals surface area (Å²) in [5, 5.41) is 26.1. The molecule has 8 heteroatoms. The number of benzene rings is 2. The van der Waals surface area contributed by atoms with Crippen molar-refractivity contribution in [3.05, 3.63) is 53.6 Å². The summed E-state index contributed by atoms with van der Waals surface area (Å²) >= 11 is 0. The summed E-state index contributed by atoms with van der Waals surface area (Å²) in [6.07, 6.45) is 0. The summed E-state index contributed by atoms with van der Waals surface area (Å²) in [5.74, 6) is 2.38. The summed E-state index contributed by atoms with van der Waals surface area (Å²) in [7, 11) is 0. The molecular formula is C14H14N2O6. The van der Waals surface area contributed by atoms with Crippen molar-refractivity contribution in [2.75, 3.05) is 5.73 Å². The Bertz CT molecular complexity index is 687. The molecule has 0 atom stereocenters. The number of phenols is 1. The molecular weight excluding hydrogens is 292 g/mol. The maximum absolute atomic E-state index is 10.4. The van der Waals surface area contributed by atoms with Gasteiger partial charge in [0.15, 0.2) is 11.5 Å². The number of nitrogen functional groups attached to an aromatic ring is 1. The molecule has 0 aliphatic carbocycles. The van der Waals surface area contributed by atoms with Crippen molar-refractivity contribution < 1.29 is 29.7 Å². The normalized spacial score (nSPS) is 9.32. The maximum atomic E-state index is 10.4. The lowest BCUT2D eigenvalue weighted by Gasteiger charge is -2.00. The van der Waals surface area contributed by atoms with Crippen LogP contribution in [0.5, 0.6) is 11.5 Å². The average Bonchev–Trinajstić information content (AvgIpc) is 2.50. The van der Waals surface area contributed by atoms with Crippen molar-refractivity contribution in [2.45, 2.75) is 0 Å². The third kappa shape index (κ3) is 4.12. The molecule has 0 aliphatic rings. The van der Waals surface area contributed by atoms with Gasteiger partial charge in [0.05, 0.1) is 5.69 Å². The van der Waals surface area contributed by atoms with Crippen molar-refractivity contribution in [3.63, 3.8) is 0 Å². The predicted octanol–water partition coefficient (Wildman–Crippen LogP) is 1.31. The molecule has 0 saturated carbocycles. The monoisotopic (exact) mass is 306 g/mol. The van der Waals surface area contributed by atoms with E-state index < -0.39 is 11.9 Å². The zero-order chi connectivity index (χ0) is 16.7. The third-order valence-corrected chi connectivity index (χ3v) is 2.54. The van der Waals surface area contributed by atoms with E-state index >= 15 is 0 Å². The van der Waals surface area contributed by atoms with Crippen LogP contribution in [0, 0.1) is 0 Å². The first-order chi connectivity index (χ1) is 10.4. The number of rotatable bonds is 3. The summed E-state index contributed by atoms with van der Waals surface area (Å²) in [6.45, 7) is 0. The van der Waals surface area contributed by atoms with Crippen LogP contribution in [-0.2, 0) is 0 Å². The van der Waals surface area contributed by atoms with Gasteiger partial charge in [0.2, 0.25) is 0 Å². The molecule has 0 saturated heterocycles. The molecule has 0 fully saturated rings. The molecule has 2 aromatic rings. The Balaban J connectivity index is 0.000000220. The molecule has 8 nitrogen and oxygen atoms in total. The van der Waals surface area contributed by atoms with Gasteiger partial charge in [-0.1, -0.05) is 18.2 Å². The molecule has 22 heavy (non-hydrogen) atoms. The first-order valence-electron chi connectivity index (χ1n) is 5.88. The van der Waals surface area contributed by atoms with Crippen molar-refractivity contribution in [3.8, 4) is 11.5 Å². The van der Waals surface area contributed by atoms with E-state index in [9.17, 15) is 9.59 Å². The minimum atomic E-state index is -1.19. The summed E-state index contributed by atoms with van der Waals surface area (Å²) in [6, 6.07) is 10.4. The Hall–Kier alpha value is -3.26. The van der Waals surface area contributed by atoms with Gasteiger partial charge in [-0.3, -0.25) is 0 Å². The van der Waals surface area contributed by atoms with Gasteiger partial charge < -0.3 is 25.9 Å². The highest BCUT2D eigenvalue weighted by molar-refractivity contribution is 5.92. The second-order valence-electron chi connectivity index (χ2n) is 3.97. The van der Waals surface area contributed by atoms with Gasteiger partial charge in [-0.05, 0) is 24.3 Å². The van der Waals surface area contributed by atoms with Gasteiger partial charge >= 0.3 is 11.9 Å². The van der Waals surface area contributed by atoms with Gasteiger partial charge in [-0.25, -0.2) is 9.59 Å². The van der Waals surface area contributed by atoms with Crippen LogP contribution >= 0.6 is 0 Å². The highest BCUT2D eigenvalue weighted by atomic mass is 16.6. The number of carbonyl (C=O) groups is 2. The van der Waals surface area contributed by atoms with Crippen molar-refractivity contribution in [1.82, 2.24) is 0 Å². The smallest absolute Gasteiger partial charge is 0.339 e. The molecule has 0 radical (unpaired) electrons. The number of aromatic hydroxyl groups is 1. The van der Waals surface area contributed by atoms with Gasteiger partial charge in [0.25, 0.3) is 0 Å². The zero-order valence-corrected chi connectivity index (χ0v) is 11.3. The Labute approximate surface area is 125 Å². The lowest BCUT2D eigenvalue weighted by atomic mass is 10.2. The first kappa shape index (κ1) is 16.8. The molecule has 0 bridgehead atoms. The fourth-order valence-corrected chi connectivity index (χ4v) is 1.48. The fraction of sp³-hybridized carbons (Fsp3) is 0. The number of aromatic carboxylic acids is 2. The number of hydrogen-bond acceptors (Lipinski definition) is 6. The van der Waals surface area contributed by atoms with Crippen molar-refractivity contribution in [1.29, 1.82) is 0 Å². The zero-order valence-electron chi connectivity index (χ0n) is 11.3. The largest absolute Gasteiger partial charge is 0.505 e. The van der Waals surface area contributed by atoms with E-state index in [4.69, 9.17) is 27.0 Å². The van der Waals surface area contributed by atoms with Crippen molar-refractivity contribution >= 4 is 17.6 Å². The minimum Gasteiger partial charge on any atom is -0.505 e. The number of carboxylic acid groups (broad SMARTS) is 2. The predicted molar refractivity (Wildman–Crippen MR) is 77.7 cm³/mol. The van der Waals surface area contributed by atoms with Crippen LogP contribution in [0.3, 0.4) is 0 Å². The molecule has 0 heterocycles. The maximum Gasteiger partial charge on any atom is 0.339 e. The molecule has 0 unspecified atom stereocenters. The van der Waals surface area contributed by atoms with Gasteiger partial charge in [-0.15, -0.1) is 0 Å². The van der Waals surface area contributed by atoms with Gasteiger partial charge in [0, 0.05) is 0 Å². The van der Waals surface area contributed by atoms with Crippen LogP contribution in [0.1, 0.15) is 20.7 Å². The topological polar surface area (TPSA) is 156 Å². The van der Waals surface area contributed by atoms with E-state index in [1.165, 1.54) is 30.3 Å². The fourth-order valence-electron chi connectivity index (χ4n) is 1.48. The standard InChI is InChI=1S/2C7H7NO3/c8-11-6-4-2-1-3-5(6)7(9)10;8-5-3-1-2-4(6(5)9)7(10)11/h1-4H,8H2,(H,9,10);1-3,9H,8H2,(H,10,11). The lowest BCUT2D eigenvalue weighted by Crippen LogP contribution is -2.07. The SMILES string of the molecule is NOc1ccccc1C(=O)O.Nc1cccc(C(=O)O)c1O.